The number of nitrogens with two attached hydrogens (primary N) is 1. The number of hydrogen-bond donors (Lipinski definition) is 3. The molecule has 0 saturated carbocycles. The molecule has 1 amide bonds. The zero-order chi connectivity index (χ0) is 14.5. The topological polar surface area (TPSA) is 82.8 Å². The van der Waals surface area contributed by atoms with Gasteiger partial charge in [0.25, 0.3) is 0 Å². The number of halogens is 1. The fraction of sp³-hybridized carbons (Fsp3) is 0.385. The van der Waals surface area contributed by atoms with Gasteiger partial charge in [-0.2, -0.15) is 0 Å². The largest absolute Gasteiger partial charge is 0.369 e. The van der Waals surface area contributed by atoms with E-state index in [9.17, 15) is 9.28 Å². The van der Waals surface area contributed by atoms with Gasteiger partial charge in [0.2, 0.25) is 11.9 Å². The van der Waals surface area contributed by atoms with Crippen LogP contribution >= 0.6 is 0 Å². The van der Waals surface area contributed by atoms with E-state index in [-0.39, 0.29) is 17.9 Å². The standard InChI is InChI=1S/C13H18FN5O/c1-9(20)16-11-6-7-19(8-11)12-4-2-10(3-5-12)17-13(15)18-14/h2-5,11H,6-8H2,1H3,(H,16,20)(H3,15,17,18)/t11-/m1/s1. The number of carbonyl (C=O) groups is 1. The number of nitrogens with one attached hydrogen (secondary N) is 2. The summed E-state index contributed by atoms with van der Waals surface area (Å²) in [6.07, 6.45) is 0.932. The van der Waals surface area contributed by atoms with E-state index in [4.69, 9.17) is 5.73 Å². The molecule has 108 valence electrons. The van der Waals surface area contributed by atoms with Crippen LogP contribution in [-0.2, 0) is 4.79 Å². The summed E-state index contributed by atoms with van der Waals surface area (Å²) in [5.74, 6) is -0.276. The van der Waals surface area contributed by atoms with Crippen LogP contribution in [-0.4, -0.2) is 31.0 Å². The number of anilines is 2. The Hall–Kier alpha value is -2.31. The van der Waals surface area contributed by atoms with Crippen molar-refractivity contribution in [1.82, 2.24) is 5.32 Å². The van der Waals surface area contributed by atoms with Gasteiger partial charge >= 0.3 is 0 Å². The molecular formula is C13H18FN5O. The van der Waals surface area contributed by atoms with Crippen LogP contribution in [0.2, 0.25) is 0 Å². The molecule has 1 aromatic carbocycles. The molecule has 0 spiro atoms. The number of amides is 1. The van der Waals surface area contributed by atoms with Crippen LogP contribution in [0.1, 0.15) is 13.3 Å². The van der Waals surface area contributed by atoms with Gasteiger partial charge in [-0.25, -0.2) is 0 Å². The molecule has 1 saturated heterocycles. The lowest BCUT2D eigenvalue weighted by atomic mass is 10.2. The first kappa shape index (κ1) is 14.1. The average Bonchev–Trinajstić information content (AvgIpc) is 2.87. The first-order chi connectivity index (χ1) is 9.58. The minimum Gasteiger partial charge on any atom is -0.369 e. The van der Waals surface area contributed by atoms with Gasteiger partial charge in [-0.3, -0.25) is 4.79 Å². The Morgan fingerprint density at radius 1 is 1.45 bits per heavy atom. The molecule has 2 rings (SSSR count). The second-order valence-corrected chi connectivity index (χ2v) is 4.77. The van der Waals surface area contributed by atoms with Crippen molar-refractivity contribution in [3.05, 3.63) is 24.3 Å². The summed E-state index contributed by atoms with van der Waals surface area (Å²) in [6.45, 7) is 3.21. The molecule has 1 fully saturated rings. The van der Waals surface area contributed by atoms with E-state index in [1.165, 1.54) is 6.92 Å². The minimum atomic E-state index is -0.273. The minimum absolute atomic E-state index is 0.00242. The van der Waals surface area contributed by atoms with Gasteiger partial charge in [0, 0.05) is 37.4 Å². The normalized spacial score (nSPS) is 19.0. The van der Waals surface area contributed by atoms with Crippen molar-refractivity contribution in [2.75, 3.05) is 23.3 Å². The maximum absolute atomic E-state index is 11.9. The summed E-state index contributed by atoms with van der Waals surface area (Å²) in [4.78, 5) is 13.2. The zero-order valence-corrected chi connectivity index (χ0v) is 11.3. The Labute approximate surface area is 116 Å². The average molecular weight is 279 g/mol. The molecule has 0 aromatic heterocycles. The lowest BCUT2D eigenvalue weighted by Gasteiger charge is -2.19. The van der Waals surface area contributed by atoms with Crippen LogP contribution in [0.3, 0.4) is 0 Å². The number of rotatable bonds is 3. The predicted octanol–water partition coefficient (Wildman–Crippen LogP) is 1.01. The highest BCUT2D eigenvalue weighted by molar-refractivity contribution is 5.91. The Bertz CT molecular complexity index is 502. The van der Waals surface area contributed by atoms with Gasteiger partial charge in [-0.15, -0.1) is 0 Å². The van der Waals surface area contributed by atoms with E-state index >= 15 is 0 Å². The molecule has 0 unspecified atom stereocenters. The smallest absolute Gasteiger partial charge is 0.228 e. The zero-order valence-electron chi connectivity index (χ0n) is 11.3. The molecule has 6 nitrogen and oxygen atoms in total. The lowest BCUT2D eigenvalue weighted by Crippen LogP contribution is -2.35. The highest BCUT2D eigenvalue weighted by atomic mass is 19.2. The van der Waals surface area contributed by atoms with Crippen LogP contribution < -0.4 is 21.3 Å². The molecule has 0 bridgehead atoms. The molecule has 1 aromatic rings. The molecule has 1 aliphatic heterocycles. The van der Waals surface area contributed by atoms with Crippen LogP contribution in [0.15, 0.2) is 29.5 Å². The SMILES string of the molecule is CC(=O)N[C@@H]1CCN(c2ccc(NC(N)=NF)cc2)C1. The van der Waals surface area contributed by atoms with Crippen molar-refractivity contribution in [1.29, 1.82) is 0 Å². The first-order valence-electron chi connectivity index (χ1n) is 6.42. The third-order valence-electron chi connectivity index (χ3n) is 3.19. The van der Waals surface area contributed by atoms with Crippen LogP contribution in [0.4, 0.5) is 15.9 Å². The fourth-order valence-corrected chi connectivity index (χ4v) is 2.32. The van der Waals surface area contributed by atoms with Gasteiger partial charge in [0.15, 0.2) is 0 Å². The number of guanidine groups is 1. The Morgan fingerprint density at radius 2 is 2.15 bits per heavy atom. The monoisotopic (exact) mass is 279 g/mol. The summed E-state index contributed by atoms with van der Waals surface area (Å²) in [5, 5.41) is 7.89. The summed E-state index contributed by atoms with van der Waals surface area (Å²) in [6, 6.07) is 7.64. The van der Waals surface area contributed by atoms with Gasteiger partial charge in [0.05, 0.1) is 0 Å². The maximum atomic E-state index is 11.9. The van der Waals surface area contributed by atoms with Gasteiger partial charge < -0.3 is 21.3 Å². The molecule has 1 heterocycles. The lowest BCUT2D eigenvalue weighted by molar-refractivity contribution is -0.119. The van der Waals surface area contributed by atoms with Gasteiger partial charge in [-0.1, -0.05) is 9.70 Å². The molecule has 7 heteroatoms. The van der Waals surface area contributed by atoms with E-state index in [1.54, 1.807) is 12.1 Å². The molecule has 1 aliphatic rings. The highest BCUT2D eigenvalue weighted by Crippen LogP contribution is 2.22. The Morgan fingerprint density at radius 3 is 2.75 bits per heavy atom. The van der Waals surface area contributed by atoms with Crippen molar-refractivity contribution in [3.63, 3.8) is 0 Å². The molecule has 4 N–H and O–H groups in total. The highest BCUT2D eigenvalue weighted by Gasteiger charge is 2.22. The molecule has 0 radical (unpaired) electrons. The van der Waals surface area contributed by atoms with Gasteiger partial charge in [-0.05, 0) is 30.7 Å². The van der Waals surface area contributed by atoms with E-state index in [0.717, 1.165) is 25.2 Å². The third kappa shape index (κ3) is 3.59. The maximum Gasteiger partial charge on any atom is 0.228 e. The van der Waals surface area contributed by atoms with Crippen molar-refractivity contribution < 1.29 is 9.28 Å². The van der Waals surface area contributed by atoms with E-state index in [0.29, 0.717) is 5.69 Å². The first-order valence-corrected chi connectivity index (χ1v) is 6.42. The predicted molar refractivity (Wildman–Crippen MR) is 77.2 cm³/mol. The Kier molecular flexibility index (Phi) is 4.39. The molecule has 1 atom stereocenters. The second-order valence-electron chi connectivity index (χ2n) is 4.77. The fourth-order valence-electron chi connectivity index (χ4n) is 2.32. The summed E-state index contributed by atoms with van der Waals surface area (Å²) in [5.41, 5.74) is 6.97. The van der Waals surface area contributed by atoms with Crippen LogP contribution in [0, 0.1) is 0 Å². The second kappa shape index (κ2) is 6.23. The van der Waals surface area contributed by atoms with Gasteiger partial charge in [0.1, 0.15) is 0 Å². The van der Waals surface area contributed by atoms with Crippen LogP contribution in [0.25, 0.3) is 0 Å². The molecular weight excluding hydrogens is 261 g/mol. The number of carbonyl (C=O) groups excluding carboxylic acids is 1. The number of nitrogens with zero attached hydrogens (tertiary/aromatic N) is 2. The summed E-state index contributed by atoms with van der Waals surface area (Å²) < 4.78 is 11.9. The molecule has 0 aliphatic carbocycles. The van der Waals surface area contributed by atoms with Crippen LogP contribution in [0.5, 0.6) is 0 Å². The van der Waals surface area contributed by atoms with E-state index < -0.39 is 0 Å². The third-order valence-corrected chi connectivity index (χ3v) is 3.19. The summed E-state index contributed by atoms with van der Waals surface area (Å²) >= 11 is 0. The van der Waals surface area contributed by atoms with E-state index in [2.05, 4.69) is 20.7 Å². The van der Waals surface area contributed by atoms with Crippen molar-refractivity contribution >= 4 is 23.2 Å². The number of hydrogen-bond acceptors (Lipinski definition) is 3. The van der Waals surface area contributed by atoms with Crippen molar-refractivity contribution in [2.24, 2.45) is 10.9 Å². The number of benzene rings is 1. The summed E-state index contributed by atoms with van der Waals surface area (Å²) in [7, 11) is 0. The quantitative estimate of drug-likeness (QED) is 0.569. The van der Waals surface area contributed by atoms with E-state index in [1.807, 2.05) is 12.1 Å². The molecule has 20 heavy (non-hydrogen) atoms. The van der Waals surface area contributed by atoms with Crippen molar-refractivity contribution in [2.45, 2.75) is 19.4 Å². The van der Waals surface area contributed by atoms with Crippen molar-refractivity contribution in [3.8, 4) is 0 Å². The Balaban J connectivity index is 1.95.